The Kier molecular flexibility index (Phi) is 7.97. The van der Waals surface area contributed by atoms with Gasteiger partial charge in [0.05, 0.1) is 7.11 Å². The quantitative estimate of drug-likeness (QED) is 0.329. The summed E-state index contributed by atoms with van der Waals surface area (Å²) < 4.78 is 5.09. The van der Waals surface area contributed by atoms with Gasteiger partial charge in [-0.3, -0.25) is 4.99 Å². The number of nitrogens with one attached hydrogen (secondary N) is 1. The highest BCUT2D eigenvalue weighted by Gasteiger charge is 1.97. The first-order valence-electron chi connectivity index (χ1n) is 6.49. The predicted molar refractivity (Wildman–Crippen MR) is 101 cm³/mol. The highest BCUT2D eigenvalue weighted by Crippen LogP contribution is 2.14. The van der Waals surface area contributed by atoms with E-state index in [2.05, 4.69) is 15.3 Å². The SMILES string of the molecule is COc1ccc(NC(N)=NCCc2ccc(Cl)nc2)cc1.I. The Bertz CT molecular complexity index is 602. The summed E-state index contributed by atoms with van der Waals surface area (Å²) in [6.07, 6.45) is 2.50. The summed E-state index contributed by atoms with van der Waals surface area (Å²) in [6.45, 7) is 0.582. The van der Waals surface area contributed by atoms with E-state index in [1.54, 1.807) is 19.4 Å². The van der Waals surface area contributed by atoms with Crippen molar-refractivity contribution in [2.24, 2.45) is 10.7 Å². The van der Waals surface area contributed by atoms with E-state index in [1.165, 1.54) is 0 Å². The lowest BCUT2D eigenvalue weighted by molar-refractivity contribution is 0.415. The van der Waals surface area contributed by atoms with Crippen molar-refractivity contribution in [3.8, 4) is 5.75 Å². The molecule has 0 amide bonds. The van der Waals surface area contributed by atoms with Crippen molar-refractivity contribution in [3.05, 3.63) is 53.3 Å². The number of benzene rings is 1. The second-order valence-electron chi connectivity index (χ2n) is 4.36. The number of hydrogen-bond acceptors (Lipinski definition) is 3. The number of pyridine rings is 1. The summed E-state index contributed by atoms with van der Waals surface area (Å²) in [5.74, 6) is 1.17. The molecular formula is C15H18ClIN4O. The number of anilines is 1. The number of hydrogen-bond donors (Lipinski definition) is 2. The van der Waals surface area contributed by atoms with Crippen molar-refractivity contribution in [3.63, 3.8) is 0 Å². The average Bonchev–Trinajstić information content (AvgIpc) is 2.50. The fraction of sp³-hybridized carbons (Fsp3) is 0.200. The summed E-state index contributed by atoms with van der Waals surface area (Å²) in [5.41, 5.74) is 7.77. The molecule has 3 N–H and O–H groups in total. The molecule has 2 rings (SSSR count). The number of guanidine groups is 1. The number of ether oxygens (including phenoxy) is 1. The van der Waals surface area contributed by atoms with E-state index < -0.39 is 0 Å². The van der Waals surface area contributed by atoms with Crippen molar-refractivity contribution in [1.29, 1.82) is 0 Å². The molecule has 2 aromatic rings. The molecular weight excluding hydrogens is 415 g/mol. The molecule has 0 aliphatic carbocycles. The fourth-order valence-corrected chi connectivity index (χ4v) is 1.83. The van der Waals surface area contributed by atoms with E-state index in [4.69, 9.17) is 22.1 Å². The van der Waals surface area contributed by atoms with Crippen LogP contribution in [0.3, 0.4) is 0 Å². The van der Waals surface area contributed by atoms with Gasteiger partial charge in [-0.05, 0) is 42.3 Å². The third-order valence-electron chi connectivity index (χ3n) is 2.83. The highest BCUT2D eigenvalue weighted by atomic mass is 127. The van der Waals surface area contributed by atoms with Crippen LogP contribution in [0.4, 0.5) is 5.69 Å². The van der Waals surface area contributed by atoms with Crippen LogP contribution in [0.15, 0.2) is 47.6 Å². The monoisotopic (exact) mass is 432 g/mol. The molecule has 0 aliphatic rings. The Morgan fingerprint density at radius 1 is 1.27 bits per heavy atom. The summed E-state index contributed by atoms with van der Waals surface area (Å²) in [4.78, 5) is 8.29. The molecule has 0 spiro atoms. The maximum Gasteiger partial charge on any atom is 0.193 e. The number of aliphatic imine (C=N–C) groups is 1. The van der Waals surface area contributed by atoms with Crippen LogP contribution in [-0.4, -0.2) is 24.6 Å². The van der Waals surface area contributed by atoms with Gasteiger partial charge in [-0.1, -0.05) is 17.7 Å². The lowest BCUT2D eigenvalue weighted by Gasteiger charge is -2.06. The first-order chi connectivity index (χ1) is 10.2. The maximum atomic E-state index is 5.84. The summed E-state index contributed by atoms with van der Waals surface area (Å²) >= 11 is 5.73. The van der Waals surface area contributed by atoms with E-state index in [0.717, 1.165) is 23.4 Å². The Labute approximate surface area is 152 Å². The minimum atomic E-state index is 0. The lowest BCUT2D eigenvalue weighted by Crippen LogP contribution is -2.23. The third-order valence-corrected chi connectivity index (χ3v) is 3.06. The van der Waals surface area contributed by atoms with Crippen LogP contribution in [-0.2, 0) is 6.42 Å². The maximum absolute atomic E-state index is 5.84. The summed E-state index contributed by atoms with van der Waals surface area (Å²) in [7, 11) is 1.63. The van der Waals surface area contributed by atoms with Gasteiger partial charge in [0.2, 0.25) is 0 Å². The fourth-order valence-electron chi connectivity index (χ4n) is 1.72. The van der Waals surface area contributed by atoms with Gasteiger partial charge in [-0.2, -0.15) is 0 Å². The molecule has 0 saturated heterocycles. The van der Waals surface area contributed by atoms with Crippen LogP contribution in [0.2, 0.25) is 5.15 Å². The number of aromatic nitrogens is 1. The number of nitrogens with two attached hydrogens (primary N) is 1. The van der Waals surface area contributed by atoms with Gasteiger partial charge in [0.1, 0.15) is 10.9 Å². The standard InChI is InChI=1S/C15H17ClN4O.HI/c1-21-13-5-3-12(4-6-13)20-15(17)18-9-8-11-2-7-14(16)19-10-11;/h2-7,10H,8-9H2,1H3,(H3,17,18,20);1H. The number of nitrogens with zero attached hydrogens (tertiary/aromatic N) is 2. The number of rotatable bonds is 5. The second kappa shape index (κ2) is 9.47. The first kappa shape index (κ1) is 18.5. The van der Waals surface area contributed by atoms with E-state index >= 15 is 0 Å². The Balaban J connectivity index is 0.00000242. The average molecular weight is 433 g/mol. The molecule has 1 aromatic heterocycles. The molecule has 5 nitrogen and oxygen atoms in total. The van der Waals surface area contributed by atoms with E-state index in [-0.39, 0.29) is 24.0 Å². The highest BCUT2D eigenvalue weighted by molar-refractivity contribution is 14.0. The van der Waals surface area contributed by atoms with E-state index in [0.29, 0.717) is 17.7 Å². The zero-order valence-electron chi connectivity index (χ0n) is 12.1. The summed E-state index contributed by atoms with van der Waals surface area (Å²) in [5, 5.41) is 3.51. The van der Waals surface area contributed by atoms with Gasteiger partial charge in [-0.15, -0.1) is 24.0 Å². The molecule has 0 bridgehead atoms. The van der Waals surface area contributed by atoms with E-state index in [9.17, 15) is 0 Å². The summed E-state index contributed by atoms with van der Waals surface area (Å²) in [6, 6.07) is 11.2. The van der Waals surface area contributed by atoms with Crippen molar-refractivity contribution in [2.75, 3.05) is 19.0 Å². The zero-order chi connectivity index (χ0) is 15.1. The Hall–Kier alpha value is -1.54. The van der Waals surface area contributed by atoms with Gasteiger partial charge in [0.25, 0.3) is 0 Å². The van der Waals surface area contributed by atoms with Crippen molar-refractivity contribution in [1.82, 2.24) is 4.98 Å². The molecule has 0 unspecified atom stereocenters. The largest absolute Gasteiger partial charge is 0.497 e. The number of methoxy groups -OCH3 is 1. The van der Waals surface area contributed by atoms with Gasteiger partial charge in [-0.25, -0.2) is 4.98 Å². The minimum Gasteiger partial charge on any atom is -0.497 e. The van der Waals surface area contributed by atoms with Crippen LogP contribution in [0, 0.1) is 0 Å². The van der Waals surface area contributed by atoms with E-state index in [1.807, 2.05) is 30.3 Å². The van der Waals surface area contributed by atoms with Gasteiger partial charge < -0.3 is 15.8 Å². The zero-order valence-corrected chi connectivity index (χ0v) is 15.2. The van der Waals surface area contributed by atoms with Crippen LogP contribution in [0.25, 0.3) is 0 Å². The molecule has 0 saturated carbocycles. The predicted octanol–water partition coefficient (Wildman–Crippen LogP) is 3.33. The second-order valence-corrected chi connectivity index (χ2v) is 4.75. The Morgan fingerprint density at radius 3 is 2.59 bits per heavy atom. The molecule has 0 aliphatic heterocycles. The Morgan fingerprint density at radius 2 is 2.00 bits per heavy atom. The molecule has 1 heterocycles. The van der Waals surface area contributed by atoms with Gasteiger partial charge >= 0.3 is 0 Å². The van der Waals surface area contributed by atoms with Crippen molar-refractivity contribution < 1.29 is 4.74 Å². The molecule has 0 radical (unpaired) electrons. The smallest absolute Gasteiger partial charge is 0.193 e. The van der Waals surface area contributed by atoms with Crippen LogP contribution in [0.5, 0.6) is 5.75 Å². The third kappa shape index (κ3) is 6.07. The first-order valence-corrected chi connectivity index (χ1v) is 6.86. The topological polar surface area (TPSA) is 72.5 Å². The van der Waals surface area contributed by atoms with Crippen molar-refractivity contribution in [2.45, 2.75) is 6.42 Å². The molecule has 0 atom stereocenters. The molecule has 1 aromatic carbocycles. The lowest BCUT2D eigenvalue weighted by atomic mass is 10.2. The minimum absolute atomic E-state index is 0. The van der Waals surface area contributed by atoms with Crippen molar-refractivity contribution >= 4 is 47.2 Å². The molecule has 118 valence electrons. The normalized spacial score (nSPS) is 10.7. The van der Waals surface area contributed by atoms with Gasteiger partial charge in [0, 0.05) is 18.4 Å². The van der Waals surface area contributed by atoms with Gasteiger partial charge in [0.15, 0.2) is 5.96 Å². The molecule has 0 fully saturated rings. The van der Waals surface area contributed by atoms with Crippen LogP contribution in [0.1, 0.15) is 5.56 Å². The number of halogens is 2. The van der Waals surface area contributed by atoms with Crippen LogP contribution >= 0.6 is 35.6 Å². The molecule has 7 heteroatoms. The van der Waals surface area contributed by atoms with Crippen LogP contribution < -0.4 is 15.8 Å². The molecule has 22 heavy (non-hydrogen) atoms.